The van der Waals surface area contributed by atoms with Crippen LogP contribution in [0.1, 0.15) is 30.9 Å². The van der Waals surface area contributed by atoms with Gasteiger partial charge in [0.25, 0.3) is 0 Å². The minimum absolute atomic E-state index is 0.301. The molecule has 2 aliphatic heterocycles. The van der Waals surface area contributed by atoms with Crippen LogP contribution < -0.4 is 4.74 Å². The van der Waals surface area contributed by atoms with Crippen molar-refractivity contribution in [3.05, 3.63) is 27.7 Å². The number of fused-ring (bicyclic) bond motifs is 1. The molecule has 0 radical (unpaired) electrons. The first kappa shape index (κ1) is 14.7. The van der Waals surface area contributed by atoms with Crippen molar-refractivity contribution in [1.29, 1.82) is 0 Å². The van der Waals surface area contributed by atoms with Crippen LogP contribution in [0.25, 0.3) is 0 Å². The van der Waals surface area contributed by atoms with Crippen molar-refractivity contribution in [2.75, 3.05) is 19.7 Å². The largest absolute Gasteiger partial charge is 0.493 e. The fraction of sp³-hybridized carbons (Fsp3) is 0.625. The van der Waals surface area contributed by atoms with Crippen molar-refractivity contribution in [2.45, 2.75) is 38.1 Å². The third-order valence-corrected chi connectivity index (χ3v) is 5.32. The first-order chi connectivity index (χ1) is 9.63. The van der Waals surface area contributed by atoms with Crippen LogP contribution >= 0.6 is 27.5 Å². The standard InChI is InChI=1S/C16H21BrClNO/c1-11(18)12-2-5-19(6-3-12)10-14-9-15(17)8-13-4-7-20-16(13)14/h8-9,11-12H,2-7,10H2,1H3. The molecular formula is C16H21BrClNO. The van der Waals surface area contributed by atoms with Crippen LogP contribution in [0.2, 0.25) is 0 Å². The average Bonchev–Trinajstić information content (AvgIpc) is 2.87. The Kier molecular flexibility index (Phi) is 4.58. The fourth-order valence-electron chi connectivity index (χ4n) is 3.27. The monoisotopic (exact) mass is 357 g/mol. The summed E-state index contributed by atoms with van der Waals surface area (Å²) >= 11 is 9.83. The lowest BCUT2D eigenvalue weighted by atomic mass is 9.93. The molecule has 0 aliphatic carbocycles. The number of hydrogen-bond acceptors (Lipinski definition) is 2. The van der Waals surface area contributed by atoms with E-state index in [-0.39, 0.29) is 0 Å². The van der Waals surface area contributed by atoms with Gasteiger partial charge in [-0.05, 0) is 56.5 Å². The molecule has 2 heterocycles. The molecule has 1 atom stereocenters. The predicted octanol–water partition coefficient (Wildman–Crippen LogP) is 4.22. The zero-order valence-corrected chi connectivity index (χ0v) is 14.2. The third-order valence-electron chi connectivity index (χ3n) is 4.50. The Morgan fingerprint density at radius 1 is 1.40 bits per heavy atom. The maximum absolute atomic E-state index is 6.22. The van der Waals surface area contributed by atoms with Gasteiger partial charge < -0.3 is 4.74 Å². The van der Waals surface area contributed by atoms with Gasteiger partial charge in [-0.2, -0.15) is 0 Å². The van der Waals surface area contributed by atoms with Gasteiger partial charge >= 0.3 is 0 Å². The van der Waals surface area contributed by atoms with Crippen molar-refractivity contribution < 1.29 is 4.74 Å². The second kappa shape index (κ2) is 6.25. The second-order valence-corrected chi connectivity index (χ2v) is 7.55. The normalized spacial score (nSPS) is 21.6. The first-order valence-electron chi connectivity index (χ1n) is 7.44. The minimum atomic E-state index is 0.301. The lowest BCUT2D eigenvalue weighted by Crippen LogP contribution is -2.35. The van der Waals surface area contributed by atoms with E-state index in [9.17, 15) is 0 Å². The molecule has 0 bridgehead atoms. The molecule has 2 nitrogen and oxygen atoms in total. The number of nitrogens with zero attached hydrogens (tertiary/aromatic N) is 1. The number of likely N-dealkylation sites (tertiary alicyclic amines) is 1. The molecule has 3 rings (SSSR count). The van der Waals surface area contributed by atoms with E-state index in [1.54, 1.807) is 0 Å². The van der Waals surface area contributed by atoms with E-state index in [1.165, 1.54) is 28.4 Å². The number of piperidine rings is 1. The van der Waals surface area contributed by atoms with E-state index < -0.39 is 0 Å². The minimum Gasteiger partial charge on any atom is -0.493 e. The summed E-state index contributed by atoms with van der Waals surface area (Å²) in [5.74, 6) is 1.80. The summed E-state index contributed by atoms with van der Waals surface area (Å²) in [4.78, 5) is 2.53. The number of benzene rings is 1. The summed E-state index contributed by atoms with van der Waals surface area (Å²) < 4.78 is 6.98. The third kappa shape index (κ3) is 3.15. The van der Waals surface area contributed by atoms with Crippen LogP contribution in [0, 0.1) is 5.92 Å². The smallest absolute Gasteiger partial charge is 0.127 e. The molecule has 4 heteroatoms. The number of ether oxygens (including phenoxy) is 1. The predicted molar refractivity (Wildman–Crippen MR) is 86.7 cm³/mol. The molecule has 0 amide bonds. The molecule has 1 fully saturated rings. The summed E-state index contributed by atoms with van der Waals surface area (Å²) in [5, 5.41) is 0.301. The Morgan fingerprint density at radius 3 is 2.85 bits per heavy atom. The zero-order valence-electron chi connectivity index (χ0n) is 11.9. The van der Waals surface area contributed by atoms with Crippen molar-refractivity contribution in [3.8, 4) is 5.75 Å². The summed E-state index contributed by atoms with van der Waals surface area (Å²) in [5.41, 5.74) is 2.67. The van der Waals surface area contributed by atoms with E-state index >= 15 is 0 Å². The van der Waals surface area contributed by atoms with Gasteiger partial charge in [0.1, 0.15) is 5.75 Å². The summed E-state index contributed by atoms with van der Waals surface area (Å²) in [6, 6.07) is 4.40. The second-order valence-electron chi connectivity index (χ2n) is 5.94. The highest BCUT2D eigenvalue weighted by atomic mass is 79.9. The Labute approximate surface area is 134 Å². The SMILES string of the molecule is CC(Cl)C1CCN(Cc2cc(Br)cc3c2OCC3)CC1. The molecule has 1 unspecified atom stereocenters. The maximum atomic E-state index is 6.22. The van der Waals surface area contributed by atoms with Crippen LogP contribution in [-0.2, 0) is 13.0 Å². The van der Waals surface area contributed by atoms with Crippen LogP contribution in [0.4, 0.5) is 0 Å². The van der Waals surface area contributed by atoms with E-state index in [0.717, 1.165) is 38.4 Å². The number of halogens is 2. The molecule has 2 aliphatic rings. The average molecular weight is 359 g/mol. The highest BCUT2D eigenvalue weighted by molar-refractivity contribution is 9.10. The van der Waals surface area contributed by atoms with Gasteiger partial charge in [0.05, 0.1) is 6.61 Å². The quantitative estimate of drug-likeness (QED) is 0.750. The van der Waals surface area contributed by atoms with Gasteiger partial charge in [0.15, 0.2) is 0 Å². The maximum Gasteiger partial charge on any atom is 0.127 e. The van der Waals surface area contributed by atoms with Crippen LogP contribution in [-0.4, -0.2) is 30.0 Å². The Bertz CT molecular complexity index is 484. The topological polar surface area (TPSA) is 12.5 Å². The van der Waals surface area contributed by atoms with Crippen LogP contribution in [0.3, 0.4) is 0 Å². The van der Waals surface area contributed by atoms with Crippen molar-refractivity contribution >= 4 is 27.5 Å². The van der Waals surface area contributed by atoms with Crippen LogP contribution in [0.5, 0.6) is 5.75 Å². The highest BCUT2D eigenvalue weighted by Gasteiger charge is 2.24. The molecule has 1 aromatic carbocycles. The van der Waals surface area contributed by atoms with E-state index in [0.29, 0.717) is 11.3 Å². The summed E-state index contributed by atoms with van der Waals surface area (Å²) in [6.07, 6.45) is 3.46. The van der Waals surface area contributed by atoms with Crippen molar-refractivity contribution in [3.63, 3.8) is 0 Å². The lowest BCUT2D eigenvalue weighted by molar-refractivity contribution is 0.175. The molecule has 0 aromatic heterocycles. The molecule has 0 saturated carbocycles. The molecule has 110 valence electrons. The molecule has 1 saturated heterocycles. The summed E-state index contributed by atoms with van der Waals surface area (Å²) in [7, 11) is 0. The van der Waals surface area contributed by atoms with Gasteiger partial charge in [-0.1, -0.05) is 15.9 Å². The number of rotatable bonds is 3. The Hall–Kier alpha value is -0.250. The summed E-state index contributed by atoms with van der Waals surface area (Å²) in [6.45, 7) is 6.22. The lowest BCUT2D eigenvalue weighted by Gasteiger charge is -2.33. The van der Waals surface area contributed by atoms with E-state index in [2.05, 4.69) is 39.9 Å². The van der Waals surface area contributed by atoms with E-state index in [1.807, 2.05) is 0 Å². The van der Waals surface area contributed by atoms with Crippen molar-refractivity contribution in [1.82, 2.24) is 4.90 Å². The molecule has 0 spiro atoms. The Balaban J connectivity index is 1.67. The van der Waals surface area contributed by atoms with Crippen LogP contribution in [0.15, 0.2) is 16.6 Å². The molecular weight excluding hydrogens is 338 g/mol. The van der Waals surface area contributed by atoms with Crippen molar-refractivity contribution in [2.24, 2.45) is 5.92 Å². The fourth-order valence-corrected chi connectivity index (χ4v) is 4.08. The van der Waals surface area contributed by atoms with Gasteiger partial charge in [0.2, 0.25) is 0 Å². The van der Waals surface area contributed by atoms with Gasteiger partial charge in [-0.3, -0.25) is 4.90 Å². The zero-order chi connectivity index (χ0) is 14.1. The number of hydrogen-bond donors (Lipinski definition) is 0. The molecule has 1 aromatic rings. The van der Waals surface area contributed by atoms with Gasteiger partial charge in [0, 0.05) is 28.4 Å². The highest BCUT2D eigenvalue weighted by Crippen LogP contribution is 2.34. The first-order valence-corrected chi connectivity index (χ1v) is 8.67. The molecule has 0 N–H and O–H groups in total. The van der Waals surface area contributed by atoms with E-state index in [4.69, 9.17) is 16.3 Å². The van der Waals surface area contributed by atoms with Gasteiger partial charge in [-0.25, -0.2) is 0 Å². The van der Waals surface area contributed by atoms with Gasteiger partial charge in [-0.15, -0.1) is 11.6 Å². The molecule has 20 heavy (non-hydrogen) atoms. The number of alkyl halides is 1. The Morgan fingerprint density at radius 2 is 2.15 bits per heavy atom.